The van der Waals surface area contributed by atoms with Gasteiger partial charge in [0.25, 0.3) is 5.56 Å². The summed E-state index contributed by atoms with van der Waals surface area (Å²) in [4.78, 5) is 54.4. The highest BCUT2D eigenvalue weighted by Crippen LogP contribution is 2.45. The van der Waals surface area contributed by atoms with E-state index < -0.39 is 85.1 Å². The minimum atomic E-state index is -4.76. The number of aliphatic hydroxyl groups excluding tert-OH is 1. The minimum Gasteiger partial charge on any atom is -0.497 e. The molecule has 5 aromatic rings. The van der Waals surface area contributed by atoms with E-state index in [1.54, 1.807) is 109 Å². The predicted molar refractivity (Wildman–Crippen MR) is 201 cm³/mol. The lowest BCUT2D eigenvalue weighted by Crippen LogP contribution is -2.50. The number of Topliss-reactive ketones (excluding diaryl/α,β-unsaturated/α-hetero) is 1. The number of esters is 1. The van der Waals surface area contributed by atoms with E-state index in [0.29, 0.717) is 28.2 Å². The first-order valence-corrected chi connectivity index (χ1v) is 18.0. The number of nitrogens with zero attached hydrogens (tertiary/aromatic N) is 1. The summed E-state index contributed by atoms with van der Waals surface area (Å²) in [6, 6.07) is 32.0. The number of H-pyrrole nitrogens is 1. The fourth-order valence-corrected chi connectivity index (χ4v) is 6.73. The third-order valence-electron chi connectivity index (χ3n) is 9.48. The van der Waals surface area contributed by atoms with Crippen LogP contribution in [0.4, 0.5) is 13.2 Å². The molecule has 4 aromatic carbocycles. The number of benzene rings is 4. The third kappa shape index (κ3) is 9.21. The van der Waals surface area contributed by atoms with Crippen molar-refractivity contribution >= 4 is 11.8 Å². The molecule has 0 saturated carbocycles. The van der Waals surface area contributed by atoms with Gasteiger partial charge in [-0.15, -0.1) is 0 Å². The van der Waals surface area contributed by atoms with Gasteiger partial charge in [0.2, 0.25) is 0 Å². The number of halogens is 3. The number of carbonyl (C=O) groups is 2. The molecule has 5 atom stereocenters. The Balaban J connectivity index is 1.49. The van der Waals surface area contributed by atoms with Crippen molar-refractivity contribution < 1.29 is 56.3 Å². The lowest BCUT2D eigenvalue weighted by molar-refractivity contribution is -0.187. The van der Waals surface area contributed by atoms with E-state index in [1.165, 1.54) is 14.2 Å². The first-order valence-electron chi connectivity index (χ1n) is 18.0. The minimum absolute atomic E-state index is 0.171. The summed E-state index contributed by atoms with van der Waals surface area (Å²) in [6.07, 6.45) is -12.6. The van der Waals surface area contributed by atoms with Crippen LogP contribution in [0.3, 0.4) is 0 Å². The van der Waals surface area contributed by atoms with Crippen molar-refractivity contribution in [1.82, 2.24) is 9.55 Å². The summed E-state index contributed by atoms with van der Waals surface area (Å²) >= 11 is 0. The Morgan fingerprint density at radius 2 is 1.36 bits per heavy atom. The molecule has 1 aliphatic heterocycles. The Bertz CT molecular complexity index is 2220. The number of aromatic amines is 1. The Kier molecular flexibility index (Phi) is 12.9. The average Bonchev–Trinajstić information content (AvgIpc) is 3.55. The zero-order valence-corrected chi connectivity index (χ0v) is 31.2. The lowest BCUT2D eigenvalue weighted by Gasteiger charge is -2.40. The van der Waals surface area contributed by atoms with E-state index in [1.807, 2.05) is 0 Å². The fourth-order valence-electron chi connectivity index (χ4n) is 6.73. The molecule has 0 spiro atoms. The quantitative estimate of drug-likeness (QED) is 0.0788. The number of nitrogens with one attached hydrogen (secondary N) is 1. The van der Waals surface area contributed by atoms with Crippen LogP contribution in [0.15, 0.2) is 131 Å². The van der Waals surface area contributed by atoms with Crippen LogP contribution in [0.25, 0.3) is 0 Å². The summed E-state index contributed by atoms with van der Waals surface area (Å²) in [6.45, 7) is -2.41. The van der Waals surface area contributed by atoms with E-state index in [9.17, 15) is 37.5 Å². The monoisotopic (exact) mass is 804 g/mol. The zero-order valence-electron chi connectivity index (χ0n) is 31.2. The maximum Gasteiger partial charge on any atom is 0.422 e. The highest BCUT2D eigenvalue weighted by Gasteiger charge is 2.54. The second kappa shape index (κ2) is 18.0. The van der Waals surface area contributed by atoms with E-state index >= 15 is 0 Å². The van der Waals surface area contributed by atoms with Gasteiger partial charge in [-0.05, 0) is 41.0 Å². The summed E-state index contributed by atoms with van der Waals surface area (Å²) < 4.78 is 73.6. The van der Waals surface area contributed by atoms with Gasteiger partial charge in [-0.1, -0.05) is 84.9 Å². The number of rotatable bonds is 16. The molecule has 1 saturated heterocycles. The molecule has 304 valence electrons. The van der Waals surface area contributed by atoms with Crippen molar-refractivity contribution in [2.75, 3.05) is 27.4 Å². The second-order valence-electron chi connectivity index (χ2n) is 13.1. The molecule has 58 heavy (non-hydrogen) atoms. The SMILES string of the molecule is COc1ccc(C(OC(C(=O)c2ccccc2)[C@H]2O[C@@H](n3ccc(=O)[nH]c3=O)[C@H](OCCC(=O)OCC(F)(F)F)[C@@H]2O)(c2ccccc2)c2ccc(OC)cc2)cc1. The highest BCUT2D eigenvalue weighted by atomic mass is 19.4. The molecule has 0 radical (unpaired) electrons. The molecule has 0 amide bonds. The third-order valence-corrected chi connectivity index (χ3v) is 9.48. The van der Waals surface area contributed by atoms with E-state index in [2.05, 4.69) is 9.72 Å². The number of aliphatic hydroxyl groups is 1. The smallest absolute Gasteiger partial charge is 0.422 e. The average molecular weight is 805 g/mol. The number of ether oxygens (including phenoxy) is 6. The summed E-state index contributed by atoms with van der Waals surface area (Å²) in [7, 11) is 3.03. The van der Waals surface area contributed by atoms with Crippen LogP contribution in [-0.2, 0) is 29.3 Å². The molecule has 0 bridgehead atoms. The van der Waals surface area contributed by atoms with Crippen molar-refractivity contribution in [2.45, 2.75) is 48.8 Å². The number of hydrogen-bond donors (Lipinski definition) is 2. The van der Waals surface area contributed by atoms with Crippen molar-refractivity contribution in [3.63, 3.8) is 0 Å². The first kappa shape index (κ1) is 41.6. The Morgan fingerprint density at radius 1 is 0.810 bits per heavy atom. The van der Waals surface area contributed by atoms with Gasteiger partial charge in [0.1, 0.15) is 35.4 Å². The molecule has 1 aliphatic rings. The van der Waals surface area contributed by atoms with Crippen molar-refractivity contribution in [3.05, 3.63) is 165 Å². The van der Waals surface area contributed by atoms with Crippen molar-refractivity contribution in [3.8, 4) is 11.5 Å². The van der Waals surface area contributed by atoms with Crippen LogP contribution in [0.2, 0.25) is 0 Å². The largest absolute Gasteiger partial charge is 0.497 e. The van der Waals surface area contributed by atoms with E-state index in [4.69, 9.17) is 23.7 Å². The lowest BCUT2D eigenvalue weighted by atomic mass is 9.79. The van der Waals surface area contributed by atoms with Crippen LogP contribution in [0, 0.1) is 0 Å². The number of hydrogen-bond acceptors (Lipinski definition) is 11. The fraction of sp³-hybridized carbons (Fsp3) is 0.286. The number of aromatic nitrogens is 2. The van der Waals surface area contributed by atoms with Gasteiger partial charge in [-0.3, -0.25) is 23.9 Å². The molecular weight excluding hydrogens is 765 g/mol. The molecule has 6 rings (SSSR count). The van der Waals surface area contributed by atoms with Crippen LogP contribution in [0.1, 0.15) is 39.7 Å². The maximum absolute atomic E-state index is 14.9. The van der Waals surface area contributed by atoms with Crippen LogP contribution >= 0.6 is 0 Å². The first-order chi connectivity index (χ1) is 27.8. The molecule has 1 fully saturated rings. The molecule has 2 N–H and O–H groups in total. The topological polar surface area (TPSA) is 165 Å². The van der Waals surface area contributed by atoms with Gasteiger partial charge in [0.05, 0.1) is 27.2 Å². The highest BCUT2D eigenvalue weighted by molar-refractivity contribution is 6.00. The van der Waals surface area contributed by atoms with E-state index in [0.717, 1.165) is 16.8 Å². The zero-order chi connectivity index (χ0) is 41.5. The van der Waals surface area contributed by atoms with Gasteiger partial charge in [-0.25, -0.2) is 4.79 Å². The Hall–Kier alpha value is -6.07. The van der Waals surface area contributed by atoms with Gasteiger partial charge >= 0.3 is 17.8 Å². The molecule has 0 aliphatic carbocycles. The van der Waals surface area contributed by atoms with Crippen molar-refractivity contribution in [2.24, 2.45) is 0 Å². The standard InChI is InChI=1S/C42H39F3N2O11/c1-53-30-17-13-28(14-18-30)42(27-11-7-4-8-12-27,29-15-19-31(54-2)20-16-29)58-37(34(50)26-9-5-3-6-10-26)36-35(51)38(55-24-22-33(49)56-25-41(43,44)45)39(57-36)47-23-21-32(48)46-40(47)52/h3-21,23,35-39,51H,22,24-25H2,1-2H3,(H,46,48,52)/t35-,36+,37?,38-,39-/m1/s1. The normalized spacial score (nSPS) is 18.7. The number of methoxy groups -OCH3 is 2. The number of alkyl halides is 3. The Morgan fingerprint density at radius 3 is 1.90 bits per heavy atom. The molecule has 1 unspecified atom stereocenters. The Labute approximate surface area is 329 Å². The predicted octanol–water partition coefficient (Wildman–Crippen LogP) is 4.95. The second-order valence-corrected chi connectivity index (χ2v) is 13.1. The van der Waals surface area contributed by atoms with Crippen molar-refractivity contribution in [1.29, 1.82) is 0 Å². The van der Waals surface area contributed by atoms with E-state index in [-0.39, 0.29) is 5.56 Å². The summed E-state index contributed by atoms with van der Waals surface area (Å²) in [5.41, 5.74) is -1.56. The summed E-state index contributed by atoms with van der Waals surface area (Å²) in [5.74, 6) is -0.824. The van der Waals surface area contributed by atoms with Crippen LogP contribution < -0.4 is 20.7 Å². The van der Waals surface area contributed by atoms with Crippen LogP contribution in [0.5, 0.6) is 11.5 Å². The molecule has 2 heterocycles. The van der Waals surface area contributed by atoms with Crippen LogP contribution in [-0.4, -0.2) is 84.4 Å². The number of ketones is 1. The van der Waals surface area contributed by atoms with Gasteiger partial charge in [0.15, 0.2) is 24.7 Å². The summed E-state index contributed by atoms with van der Waals surface area (Å²) in [5, 5.41) is 12.1. The van der Waals surface area contributed by atoms with Gasteiger partial charge in [0, 0.05) is 17.8 Å². The molecule has 13 nitrogen and oxygen atoms in total. The number of carbonyl (C=O) groups excluding carboxylic acids is 2. The van der Waals surface area contributed by atoms with Gasteiger partial charge < -0.3 is 33.5 Å². The molecular formula is C42H39F3N2O11. The molecule has 1 aromatic heterocycles. The molecule has 16 heteroatoms. The maximum atomic E-state index is 14.9. The van der Waals surface area contributed by atoms with Gasteiger partial charge in [-0.2, -0.15) is 13.2 Å².